The van der Waals surface area contributed by atoms with Crippen LogP contribution in [0.25, 0.3) is 0 Å². The summed E-state index contributed by atoms with van der Waals surface area (Å²) >= 11 is 0. The topological polar surface area (TPSA) is 74.5 Å². The number of guanidine groups is 1. The average Bonchev–Trinajstić information content (AvgIpc) is 3.13. The molecule has 0 radical (unpaired) electrons. The fourth-order valence-electron chi connectivity index (χ4n) is 3.68. The largest absolute Gasteiger partial charge is 0.353 e. The van der Waals surface area contributed by atoms with E-state index in [1.807, 2.05) is 25.4 Å². The second-order valence-electron chi connectivity index (χ2n) is 6.70. The maximum Gasteiger partial charge on any atom is 0.194 e. The van der Waals surface area contributed by atoms with Gasteiger partial charge in [0, 0.05) is 52.4 Å². The van der Waals surface area contributed by atoms with Crippen LogP contribution in [0.4, 0.5) is 5.82 Å². The van der Waals surface area contributed by atoms with E-state index in [4.69, 9.17) is 0 Å². The summed E-state index contributed by atoms with van der Waals surface area (Å²) in [6.45, 7) is 5.43. The number of hydrogen-bond acceptors (Lipinski definition) is 5. The highest BCUT2D eigenvalue weighted by Gasteiger charge is 2.21. The van der Waals surface area contributed by atoms with Crippen molar-refractivity contribution in [3.05, 3.63) is 36.0 Å². The molecule has 0 aromatic carbocycles. The number of halogens is 1. The summed E-state index contributed by atoms with van der Waals surface area (Å²) in [5, 5.41) is 12.1. The molecule has 0 saturated carbocycles. The molecule has 0 bridgehead atoms. The summed E-state index contributed by atoms with van der Waals surface area (Å²) in [6, 6.07) is 6.06. The van der Waals surface area contributed by atoms with Crippen molar-refractivity contribution in [1.82, 2.24) is 30.0 Å². The number of pyridine rings is 1. The Kier molecular flexibility index (Phi) is 6.86. The number of anilines is 1. The fourth-order valence-corrected chi connectivity index (χ4v) is 3.68. The summed E-state index contributed by atoms with van der Waals surface area (Å²) in [7, 11) is 1.84. The van der Waals surface area contributed by atoms with Crippen molar-refractivity contribution in [3.8, 4) is 0 Å². The van der Waals surface area contributed by atoms with Gasteiger partial charge in [0.2, 0.25) is 0 Å². The van der Waals surface area contributed by atoms with Crippen molar-refractivity contribution in [2.45, 2.75) is 32.4 Å². The molecule has 0 amide bonds. The Morgan fingerprint density at radius 1 is 1.11 bits per heavy atom. The molecule has 2 aromatic heterocycles. The first kappa shape index (κ1) is 19.8. The molecule has 4 heterocycles. The summed E-state index contributed by atoms with van der Waals surface area (Å²) in [5.74, 6) is 4.10. The van der Waals surface area contributed by atoms with Crippen LogP contribution in [-0.2, 0) is 19.5 Å². The van der Waals surface area contributed by atoms with Crippen LogP contribution >= 0.6 is 24.0 Å². The van der Waals surface area contributed by atoms with E-state index in [0.29, 0.717) is 6.54 Å². The Balaban J connectivity index is 0.00000210. The minimum absolute atomic E-state index is 0. The van der Waals surface area contributed by atoms with Crippen molar-refractivity contribution in [1.29, 1.82) is 0 Å². The SMILES string of the molecule is CN=C(NCc1nnc2n1CCCC2)N1CCN(c2ccccn2)CC1.I. The third-order valence-corrected chi connectivity index (χ3v) is 5.11. The van der Waals surface area contributed by atoms with E-state index in [0.717, 1.165) is 62.6 Å². The predicted molar refractivity (Wildman–Crippen MR) is 117 cm³/mol. The smallest absolute Gasteiger partial charge is 0.194 e. The molecule has 1 fully saturated rings. The zero-order valence-electron chi connectivity index (χ0n) is 15.7. The lowest BCUT2D eigenvalue weighted by molar-refractivity contribution is 0.370. The molecule has 4 rings (SSSR count). The Labute approximate surface area is 177 Å². The van der Waals surface area contributed by atoms with Crippen molar-refractivity contribution in [2.24, 2.45) is 4.99 Å². The normalized spacial score (nSPS) is 17.3. The van der Waals surface area contributed by atoms with Gasteiger partial charge in [0.15, 0.2) is 11.8 Å². The van der Waals surface area contributed by atoms with Crippen LogP contribution in [0.2, 0.25) is 0 Å². The van der Waals surface area contributed by atoms with Crippen LogP contribution in [0.1, 0.15) is 24.5 Å². The fraction of sp³-hybridized carbons (Fsp3) is 0.556. The molecule has 2 aliphatic heterocycles. The predicted octanol–water partition coefficient (Wildman–Crippen LogP) is 1.52. The number of nitrogens with one attached hydrogen (secondary N) is 1. The van der Waals surface area contributed by atoms with Gasteiger partial charge in [-0.3, -0.25) is 4.99 Å². The van der Waals surface area contributed by atoms with Gasteiger partial charge < -0.3 is 19.7 Å². The molecule has 9 heteroatoms. The molecule has 1 N–H and O–H groups in total. The van der Waals surface area contributed by atoms with E-state index in [-0.39, 0.29) is 24.0 Å². The number of piperazine rings is 1. The van der Waals surface area contributed by atoms with E-state index in [9.17, 15) is 0 Å². The van der Waals surface area contributed by atoms with Crippen molar-refractivity contribution < 1.29 is 0 Å². The zero-order chi connectivity index (χ0) is 17.8. The molecule has 0 aliphatic carbocycles. The van der Waals surface area contributed by atoms with Gasteiger partial charge in [0.1, 0.15) is 11.6 Å². The van der Waals surface area contributed by atoms with E-state index in [2.05, 4.69) is 45.9 Å². The standard InChI is InChI=1S/C18H26N8.HI/c1-19-18(21-14-17-23-22-16-7-3-5-9-26(16)17)25-12-10-24(11-13-25)15-6-2-4-8-20-15;/h2,4,6,8H,3,5,7,9-14H2,1H3,(H,19,21);1H. The minimum atomic E-state index is 0. The maximum atomic E-state index is 4.46. The molecule has 2 aromatic rings. The van der Waals surface area contributed by atoms with E-state index >= 15 is 0 Å². The van der Waals surface area contributed by atoms with Gasteiger partial charge in [0.05, 0.1) is 6.54 Å². The van der Waals surface area contributed by atoms with Crippen LogP contribution < -0.4 is 10.2 Å². The third kappa shape index (κ3) is 4.50. The van der Waals surface area contributed by atoms with Gasteiger partial charge in [0.25, 0.3) is 0 Å². The van der Waals surface area contributed by atoms with Crippen molar-refractivity contribution >= 4 is 35.8 Å². The molecule has 8 nitrogen and oxygen atoms in total. The summed E-state index contributed by atoms with van der Waals surface area (Å²) in [4.78, 5) is 13.5. The number of fused-ring (bicyclic) bond motifs is 1. The highest BCUT2D eigenvalue weighted by molar-refractivity contribution is 14.0. The zero-order valence-corrected chi connectivity index (χ0v) is 18.0. The van der Waals surface area contributed by atoms with Crippen LogP contribution in [-0.4, -0.2) is 63.8 Å². The molecule has 1 saturated heterocycles. The summed E-state index contributed by atoms with van der Waals surface area (Å²) in [6.07, 6.45) is 5.31. The Morgan fingerprint density at radius 2 is 1.96 bits per heavy atom. The van der Waals surface area contributed by atoms with E-state index in [1.54, 1.807) is 0 Å². The number of nitrogens with zero attached hydrogens (tertiary/aromatic N) is 7. The Bertz CT molecular complexity index is 752. The summed E-state index contributed by atoms with van der Waals surface area (Å²) in [5.41, 5.74) is 0. The van der Waals surface area contributed by atoms with Gasteiger partial charge in [-0.15, -0.1) is 34.2 Å². The quantitative estimate of drug-likeness (QED) is 0.407. The van der Waals surface area contributed by atoms with Crippen LogP contribution in [0.3, 0.4) is 0 Å². The lowest BCUT2D eigenvalue weighted by Crippen LogP contribution is -2.52. The second-order valence-corrected chi connectivity index (χ2v) is 6.70. The molecule has 27 heavy (non-hydrogen) atoms. The van der Waals surface area contributed by atoms with Gasteiger partial charge in [-0.2, -0.15) is 0 Å². The maximum absolute atomic E-state index is 4.46. The van der Waals surface area contributed by atoms with Crippen LogP contribution in [0, 0.1) is 0 Å². The summed E-state index contributed by atoms with van der Waals surface area (Å²) < 4.78 is 2.25. The highest BCUT2D eigenvalue weighted by atomic mass is 127. The number of rotatable bonds is 3. The monoisotopic (exact) mass is 482 g/mol. The lowest BCUT2D eigenvalue weighted by atomic mass is 10.2. The van der Waals surface area contributed by atoms with E-state index in [1.165, 1.54) is 12.8 Å². The molecular weight excluding hydrogens is 455 g/mol. The van der Waals surface area contributed by atoms with Crippen molar-refractivity contribution in [3.63, 3.8) is 0 Å². The molecule has 0 atom stereocenters. The Hall–Kier alpha value is -1.91. The Morgan fingerprint density at radius 3 is 2.70 bits per heavy atom. The van der Waals surface area contributed by atoms with Gasteiger partial charge in [-0.25, -0.2) is 4.98 Å². The highest BCUT2D eigenvalue weighted by Crippen LogP contribution is 2.15. The van der Waals surface area contributed by atoms with Gasteiger partial charge >= 0.3 is 0 Å². The molecular formula is C18H27IN8. The molecule has 0 unspecified atom stereocenters. The third-order valence-electron chi connectivity index (χ3n) is 5.11. The molecule has 0 spiro atoms. The molecule has 146 valence electrons. The number of aliphatic imine (C=N–C) groups is 1. The first-order chi connectivity index (χ1) is 12.8. The van der Waals surface area contributed by atoms with E-state index < -0.39 is 0 Å². The second kappa shape index (κ2) is 9.34. The van der Waals surface area contributed by atoms with Crippen LogP contribution in [0.5, 0.6) is 0 Å². The average molecular weight is 482 g/mol. The minimum Gasteiger partial charge on any atom is -0.353 e. The number of aromatic nitrogens is 4. The number of aryl methyl sites for hydroxylation is 1. The first-order valence-electron chi connectivity index (χ1n) is 9.37. The van der Waals surface area contributed by atoms with Gasteiger partial charge in [-0.05, 0) is 25.0 Å². The first-order valence-corrected chi connectivity index (χ1v) is 9.37. The number of hydrogen-bond donors (Lipinski definition) is 1. The van der Waals surface area contributed by atoms with Crippen molar-refractivity contribution in [2.75, 3.05) is 38.1 Å². The lowest BCUT2D eigenvalue weighted by Gasteiger charge is -2.37. The van der Waals surface area contributed by atoms with Gasteiger partial charge in [-0.1, -0.05) is 6.07 Å². The van der Waals surface area contributed by atoms with Crippen LogP contribution in [0.15, 0.2) is 29.4 Å². The molecule has 2 aliphatic rings.